The van der Waals surface area contributed by atoms with Crippen LogP contribution in [0.1, 0.15) is 15.9 Å². The zero-order valence-electron chi connectivity index (χ0n) is 11.5. The molecule has 9 heteroatoms. The quantitative estimate of drug-likeness (QED) is 0.500. The second-order valence-corrected chi connectivity index (χ2v) is 5.96. The standard InChI is InChI=1S/C15H6BrClF4N2O/c16-13-12-9(18)5-2-6-10(12)23(22-13)14(24)11-7(15(19,20)21)3-1-4-8(11)17/h1-6H. The van der Waals surface area contributed by atoms with E-state index in [0.717, 1.165) is 18.2 Å². The van der Waals surface area contributed by atoms with Crippen molar-refractivity contribution in [2.75, 3.05) is 0 Å². The largest absolute Gasteiger partial charge is 0.417 e. The molecule has 0 atom stereocenters. The van der Waals surface area contributed by atoms with Crippen LogP contribution in [0.2, 0.25) is 5.02 Å². The summed E-state index contributed by atoms with van der Waals surface area (Å²) in [5, 5.41) is 3.43. The summed E-state index contributed by atoms with van der Waals surface area (Å²) in [5.74, 6) is -1.76. The van der Waals surface area contributed by atoms with Gasteiger partial charge >= 0.3 is 6.18 Å². The molecular formula is C15H6BrClF4N2O. The summed E-state index contributed by atoms with van der Waals surface area (Å²) in [6.07, 6.45) is -4.78. The Hall–Kier alpha value is -1.93. The highest BCUT2D eigenvalue weighted by molar-refractivity contribution is 9.10. The van der Waals surface area contributed by atoms with Gasteiger partial charge in [-0.15, -0.1) is 0 Å². The lowest BCUT2D eigenvalue weighted by Crippen LogP contribution is -2.20. The highest BCUT2D eigenvalue weighted by Gasteiger charge is 2.37. The van der Waals surface area contributed by atoms with Crippen LogP contribution in [0.5, 0.6) is 0 Å². The van der Waals surface area contributed by atoms with Crippen molar-refractivity contribution >= 4 is 44.3 Å². The molecule has 0 aliphatic heterocycles. The summed E-state index contributed by atoms with van der Waals surface area (Å²) in [4.78, 5) is 12.6. The molecule has 0 aliphatic carbocycles. The Bertz CT molecular complexity index is 968. The SMILES string of the molecule is O=C(c1c(Cl)cccc1C(F)(F)F)n1nc(Br)c2c(F)cccc21. The van der Waals surface area contributed by atoms with E-state index in [1.54, 1.807) is 0 Å². The summed E-state index contributed by atoms with van der Waals surface area (Å²) in [6, 6.07) is 6.87. The first-order valence-electron chi connectivity index (χ1n) is 6.45. The van der Waals surface area contributed by atoms with Crippen LogP contribution in [-0.4, -0.2) is 15.7 Å². The second kappa shape index (κ2) is 5.86. The average Bonchev–Trinajstić information content (AvgIpc) is 2.84. The van der Waals surface area contributed by atoms with E-state index in [2.05, 4.69) is 21.0 Å². The molecule has 3 aromatic rings. The van der Waals surface area contributed by atoms with E-state index < -0.39 is 29.0 Å². The topological polar surface area (TPSA) is 34.9 Å². The molecule has 124 valence electrons. The first-order valence-corrected chi connectivity index (χ1v) is 7.62. The highest BCUT2D eigenvalue weighted by atomic mass is 79.9. The van der Waals surface area contributed by atoms with Crippen molar-refractivity contribution in [3.05, 3.63) is 63.0 Å². The van der Waals surface area contributed by atoms with Gasteiger partial charge in [-0.1, -0.05) is 23.7 Å². The number of hydrogen-bond acceptors (Lipinski definition) is 2. The molecule has 0 saturated heterocycles. The zero-order valence-corrected chi connectivity index (χ0v) is 13.9. The Balaban J connectivity index is 2.28. The lowest BCUT2D eigenvalue weighted by Gasteiger charge is -2.13. The number of nitrogens with zero attached hydrogens (tertiary/aromatic N) is 2. The maximum Gasteiger partial charge on any atom is 0.417 e. The fraction of sp³-hybridized carbons (Fsp3) is 0.0667. The molecule has 1 aromatic heterocycles. The normalized spacial score (nSPS) is 11.9. The first-order chi connectivity index (χ1) is 11.2. The van der Waals surface area contributed by atoms with Crippen molar-refractivity contribution in [2.45, 2.75) is 6.18 Å². The molecule has 24 heavy (non-hydrogen) atoms. The van der Waals surface area contributed by atoms with Crippen molar-refractivity contribution in [1.82, 2.24) is 9.78 Å². The van der Waals surface area contributed by atoms with Crippen molar-refractivity contribution in [1.29, 1.82) is 0 Å². The van der Waals surface area contributed by atoms with Crippen molar-refractivity contribution in [2.24, 2.45) is 0 Å². The summed E-state index contributed by atoms with van der Waals surface area (Å²) in [7, 11) is 0. The lowest BCUT2D eigenvalue weighted by molar-refractivity contribution is -0.137. The Morgan fingerprint density at radius 2 is 1.83 bits per heavy atom. The molecule has 0 fully saturated rings. The highest BCUT2D eigenvalue weighted by Crippen LogP contribution is 2.36. The Morgan fingerprint density at radius 1 is 1.17 bits per heavy atom. The fourth-order valence-electron chi connectivity index (χ4n) is 2.32. The van der Waals surface area contributed by atoms with Crippen molar-refractivity contribution in [3.63, 3.8) is 0 Å². The van der Waals surface area contributed by atoms with Gasteiger partial charge in [0.05, 0.1) is 27.1 Å². The summed E-state index contributed by atoms with van der Waals surface area (Å²) in [5.41, 5.74) is -1.90. The van der Waals surface area contributed by atoms with E-state index >= 15 is 0 Å². The van der Waals surface area contributed by atoms with Crippen LogP contribution in [0.15, 0.2) is 41.0 Å². The van der Waals surface area contributed by atoms with Crippen molar-refractivity contribution < 1.29 is 22.4 Å². The number of carbonyl (C=O) groups excluding carboxylic acids is 1. The van der Waals surface area contributed by atoms with Gasteiger partial charge in [0.2, 0.25) is 0 Å². The van der Waals surface area contributed by atoms with Gasteiger partial charge in [-0.25, -0.2) is 4.39 Å². The Kier molecular flexibility index (Phi) is 4.13. The van der Waals surface area contributed by atoms with Gasteiger partial charge in [-0.05, 0) is 40.2 Å². The van der Waals surface area contributed by atoms with E-state index in [1.165, 1.54) is 18.2 Å². The molecule has 2 aromatic carbocycles. The van der Waals surface area contributed by atoms with Crippen LogP contribution in [0, 0.1) is 5.82 Å². The van der Waals surface area contributed by atoms with Gasteiger partial charge in [-0.3, -0.25) is 4.79 Å². The fourth-order valence-corrected chi connectivity index (χ4v) is 3.13. The molecule has 0 aliphatic rings. The molecule has 0 radical (unpaired) electrons. The molecular weight excluding hydrogens is 416 g/mol. The third-order valence-corrected chi connectivity index (χ3v) is 4.21. The molecule has 3 rings (SSSR count). The number of hydrogen-bond donors (Lipinski definition) is 0. The number of fused-ring (bicyclic) bond motifs is 1. The molecule has 3 nitrogen and oxygen atoms in total. The van der Waals surface area contributed by atoms with Gasteiger partial charge < -0.3 is 0 Å². The smallest absolute Gasteiger partial charge is 0.267 e. The summed E-state index contributed by atoms with van der Waals surface area (Å²) in [6.45, 7) is 0. The number of benzene rings is 2. The maximum atomic E-state index is 13.9. The lowest BCUT2D eigenvalue weighted by atomic mass is 10.1. The van der Waals surface area contributed by atoms with Crippen LogP contribution < -0.4 is 0 Å². The summed E-state index contributed by atoms with van der Waals surface area (Å²) >= 11 is 8.83. The monoisotopic (exact) mass is 420 g/mol. The van der Waals surface area contributed by atoms with Crippen LogP contribution in [0.25, 0.3) is 10.9 Å². The van der Waals surface area contributed by atoms with Crippen LogP contribution >= 0.6 is 27.5 Å². The second-order valence-electron chi connectivity index (χ2n) is 4.80. The Labute approximate surface area is 146 Å². The van der Waals surface area contributed by atoms with Gasteiger partial charge in [0.15, 0.2) is 0 Å². The molecule has 0 N–H and O–H groups in total. The van der Waals surface area contributed by atoms with E-state index in [0.29, 0.717) is 4.68 Å². The van der Waals surface area contributed by atoms with Crippen LogP contribution in [-0.2, 0) is 6.18 Å². The zero-order chi connectivity index (χ0) is 17.6. The number of rotatable bonds is 1. The van der Waals surface area contributed by atoms with Gasteiger partial charge in [0, 0.05) is 0 Å². The van der Waals surface area contributed by atoms with Gasteiger partial charge in [-0.2, -0.15) is 23.0 Å². The number of halogens is 6. The van der Waals surface area contributed by atoms with Crippen LogP contribution in [0.4, 0.5) is 17.6 Å². The molecule has 0 unspecified atom stereocenters. The maximum absolute atomic E-state index is 13.9. The number of alkyl halides is 3. The third kappa shape index (κ3) is 2.69. The van der Waals surface area contributed by atoms with Gasteiger partial charge in [0.1, 0.15) is 10.4 Å². The van der Waals surface area contributed by atoms with E-state index in [1.807, 2.05) is 0 Å². The van der Waals surface area contributed by atoms with E-state index in [4.69, 9.17) is 11.6 Å². The number of aromatic nitrogens is 2. The predicted octanol–water partition coefficient (Wildman–Crippen LogP) is 5.30. The number of carbonyl (C=O) groups is 1. The van der Waals surface area contributed by atoms with E-state index in [9.17, 15) is 22.4 Å². The molecule has 1 heterocycles. The minimum atomic E-state index is -4.78. The van der Waals surface area contributed by atoms with Crippen molar-refractivity contribution in [3.8, 4) is 0 Å². The first kappa shape index (κ1) is 16.9. The molecule has 0 saturated carbocycles. The Morgan fingerprint density at radius 3 is 2.50 bits per heavy atom. The molecule has 0 bridgehead atoms. The predicted molar refractivity (Wildman–Crippen MR) is 83.6 cm³/mol. The average molecular weight is 422 g/mol. The van der Waals surface area contributed by atoms with E-state index in [-0.39, 0.29) is 20.5 Å². The molecule has 0 amide bonds. The summed E-state index contributed by atoms with van der Waals surface area (Å²) < 4.78 is 54.1. The minimum absolute atomic E-state index is 0.00422. The molecule has 0 spiro atoms. The minimum Gasteiger partial charge on any atom is -0.267 e. The van der Waals surface area contributed by atoms with Crippen LogP contribution in [0.3, 0.4) is 0 Å². The van der Waals surface area contributed by atoms with Gasteiger partial charge in [0.25, 0.3) is 5.91 Å². The third-order valence-electron chi connectivity index (χ3n) is 3.34.